The van der Waals surface area contributed by atoms with Gasteiger partial charge < -0.3 is 11.1 Å². The molecule has 1 atom stereocenters. The molecule has 20 heavy (non-hydrogen) atoms. The van der Waals surface area contributed by atoms with Crippen molar-refractivity contribution in [1.82, 2.24) is 10.2 Å². The summed E-state index contributed by atoms with van der Waals surface area (Å²) in [7, 11) is 0. The van der Waals surface area contributed by atoms with E-state index in [4.69, 9.17) is 5.73 Å². The summed E-state index contributed by atoms with van der Waals surface area (Å²) in [6.45, 7) is 4.05. The second-order valence-electron chi connectivity index (χ2n) is 4.94. The fourth-order valence-electron chi connectivity index (χ4n) is 2.10. The molecule has 0 aliphatic carbocycles. The van der Waals surface area contributed by atoms with Crippen LogP contribution in [-0.4, -0.2) is 16.1 Å². The van der Waals surface area contributed by atoms with Gasteiger partial charge in [0.05, 0.1) is 6.20 Å². The van der Waals surface area contributed by atoms with Crippen molar-refractivity contribution in [3.8, 4) is 0 Å². The van der Waals surface area contributed by atoms with E-state index >= 15 is 0 Å². The molecule has 0 aliphatic heterocycles. The lowest BCUT2D eigenvalue weighted by atomic mass is 9.97. The molecule has 1 aromatic carbocycles. The number of carbonyl (C=O) groups excluding carboxylic acids is 1. The van der Waals surface area contributed by atoms with Gasteiger partial charge in [-0.05, 0) is 30.0 Å². The number of H-pyrrole nitrogens is 1. The molecule has 2 aromatic rings. The molecular formula is C15H20N4O. The van der Waals surface area contributed by atoms with Crippen LogP contribution in [0.4, 0.5) is 11.5 Å². The number of nitrogens with zero attached hydrogens (tertiary/aromatic N) is 1. The lowest BCUT2D eigenvalue weighted by Crippen LogP contribution is -2.15. The maximum Gasteiger partial charge on any atom is 0.226 e. The number of rotatable bonds is 5. The van der Waals surface area contributed by atoms with E-state index in [0.717, 1.165) is 23.2 Å². The van der Waals surface area contributed by atoms with Crippen LogP contribution in [0.15, 0.2) is 30.5 Å². The molecule has 1 unspecified atom stereocenters. The normalized spacial score (nSPS) is 12.1. The summed E-state index contributed by atoms with van der Waals surface area (Å²) < 4.78 is 0. The Morgan fingerprint density at radius 2 is 2.10 bits per heavy atom. The van der Waals surface area contributed by atoms with Crippen molar-refractivity contribution in [2.45, 2.75) is 32.6 Å². The smallest absolute Gasteiger partial charge is 0.226 e. The first-order valence-electron chi connectivity index (χ1n) is 6.77. The molecule has 1 aromatic heterocycles. The van der Waals surface area contributed by atoms with E-state index in [9.17, 15) is 4.79 Å². The highest BCUT2D eigenvalue weighted by Crippen LogP contribution is 2.21. The van der Waals surface area contributed by atoms with Crippen molar-refractivity contribution in [2.24, 2.45) is 0 Å². The Morgan fingerprint density at radius 3 is 2.75 bits per heavy atom. The van der Waals surface area contributed by atoms with Crippen molar-refractivity contribution in [1.29, 1.82) is 0 Å². The zero-order valence-electron chi connectivity index (χ0n) is 11.8. The first kappa shape index (κ1) is 14.1. The standard InChI is InChI=1S/C15H20N4O/c1-3-11-9-17-19-15(11)18-14(20)8-10(2)12-4-6-13(16)7-5-12/h4-7,9-10H,3,8,16H2,1-2H3,(H2,17,18,19,20). The number of amides is 1. The number of hydrogen-bond acceptors (Lipinski definition) is 3. The van der Waals surface area contributed by atoms with E-state index in [1.54, 1.807) is 6.20 Å². The van der Waals surface area contributed by atoms with Crippen LogP contribution in [-0.2, 0) is 11.2 Å². The highest BCUT2D eigenvalue weighted by atomic mass is 16.1. The van der Waals surface area contributed by atoms with Crippen LogP contribution in [0, 0.1) is 0 Å². The summed E-state index contributed by atoms with van der Waals surface area (Å²) in [4.78, 5) is 12.0. The maximum absolute atomic E-state index is 12.0. The third kappa shape index (κ3) is 3.38. The number of anilines is 2. The third-order valence-corrected chi connectivity index (χ3v) is 3.36. The summed E-state index contributed by atoms with van der Waals surface area (Å²) in [6.07, 6.45) is 2.99. The van der Waals surface area contributed by atoms with Gasteiger partial charge in [-0.15, -0.1) is 0 Å². The molecule has 4 N–H and O–H groups in total. The van der Waals surface area contributed by atoms with E-state index in [0.29, 0.717) is 12.2 Å². The first-order chi connectivity index (χ1) is 9.60. The van der Waals surface area contributed by atoms with Gasteiger partial charge in [0, 0.05) is 17.7 Å². The number of aromatic amines is 1. The van der Waals surface area contributed by atoms with Crippen LogP contribution >= 0.6 is 0 Å². The average Bonchev–Trinajstić information content (AvgIpc) is 2.86. The molecule has 0 aliphatic rings. The van der Waals surface area contributed by atoms with Gasteiger partial charge in [0.2, 0.25) is 5.91 Å². The van der Waals surface area contributed by atoms with Gasteiger partial charge in [0.15, 0.2) is 0 Å². The van der Waals surface area contributed by atoms with Crippen molar-refractivity contribution >= 4 is 17.4 Å². The van der Waals surface area contributed by atoms with Crippen LogP contribution in [0.3, 0.4) is 0 Å². The minimum absolute atomic E-state index is 0.0201. The van der Waals surface area contributed by atoms with Gasteiger partial charge in [-0.25, -0.2) is 0 Å². The fourth-order valence-corrected chi connectivity index (χ4v) is 2.10. The zero-order chi connectivity index (χ0) is 14.5. The van der Waals surface area contributed by atoms with Gasteiger partial charge in [0.25, 0.3) is 0 Å². The van der Waals surface area contributed by atoms with Gasteiger partial charge in [-0.1, -0.05) is 26.0 Å². The average molecular weight is 272 g/mol. The molecule has 106 valence electrons. The van der Waals surface area contributed by atoms with Crippen molar-refractivity contribution in [3.05, 3.63) is 41.6 Å². The van der Waals surface area contributed by atoms with Gasteiger partial charge >= 0.3 is 0 Å². The van der Waals surface area contributed by atoms with Crippen molar-refractivity contribution in [2.75, 3.05) is 11.1 Å². The number of nitrogens with one attached hydrogen (secondary N) is 2. The monoisotopic (exact) mass is 272 g/mol. The highest BCUT2D eigenvalue weighted by molar-refractivity contribution is 5.90. The van der Waals surface area contributed by atoms with Crippen molar-refractivity contribution < 1.29 is 4.79 Å². The molecule has 0 fully saturated rings. The molecule has 5 heteroatoms. The van der Waals surface area contributed by atoms with E-state index in [2.05, 4.69) is 15.5 Å². The predicted molar refractivity (Wildman–Crippen MR) is 80.5 cm³/mol. The highest BCUT2D eigenvalue weighted by Gasteiger charge is 2.13. The van der Waals surface area contributed by atoms with E-state index in [1.165, 1.54) is 0 Å². The van der Waals surface area contributed by atoms with Gasteiger partial charge in [0.1, 0.15) is 5.82 Å². The number of aryl methyl sites for hydroxylation is 1. The van der Waals surface area contributed by atoms with E-state index in [1.807, 2.05) is 38.1 Å². The molecule has 0 radical (unpaired) electrons. The first-order valence-corrected chi connectivity index (χ1v) is 6.77. The number of benzene rings is 1. The Labute approximate surface area is 118 Å². The number of hydrogen-bond donors (Lipinski definition) is 3. The minimum Gasteiger partial charge on any atom is -0.399 e. The number of aromatic nitrogens is 2. The van der Waals surface area contributed by atoms with Crippen LogP contribution in [0.5, 0.6) is 0 Å². The molecule has 1 heterocycles. The Morgan fingerprint density at radius 1 is 1.40 bits per heavy atom. The topological polar surface area (TPSA) is 83.8 Å². The van der Waals surface area contributed by atoms with E-state index in [-0.39, 0.29) is 11.8 Å². The van der Waals surface area contributed by atoms with Crippen molar-refractivity contribution in [3.63, 3.8) is 0 Å². The molecule has 0 saturated heterocycles. The largest absolute Gasteiger partial charge is 0.399 e. The van der Waals surface area contributed by atoms with Crippen LogP contribution in [0.25, 0.3) is 0 Å². The number of carbonyl (C=O) groups is 1. The Bertz CT molecular complexity index is 574. The number of nitrogen functional groups attached to an aromatic ring is 1. The van der Waals surface area contributed by atoms with Crippen LogP contribution in [0.1, 0.15) is 37.3 Å². The van der Waals surface area contributed by atoms with Gasteiger partial charge in [-0.3, -0.25) is 9.89 Å². The Hall–Kier alpha value is -2.30. The maximum atomic E-state index is 12.0. The summed E-state index contributed by atoms with van der Waals surface area (Å²) in [5.41, 5.74) is 8.51. The summed E-state index contributed by atoms with van der Waals surface area (Å²) in [5, 5.41) is 9.62. The lowest BCUT2D eigenvalue weighted by Gasteiger charge is -2.12. The third-order valence-electron chi connectivity index (χ3n) is 3.36. The Balaban J connectivity index is 1.96. The second kappa shape index (κ2) is 6.23. The molecule has 0 saturated carbocycles. The molecule has 0 bridgehead atoms. The van der Waals surface area contributed by atoms with E-state index < -0.39 is 0 Å². The summed E-state index contributed by atoms with van der Waals surface area (Å²) >= 11 is 0. The van der Waals surface area contributed by atoms with Crippen LogP contribution in [0.2, 0.25) is 0 Å². The number of nitrogens with two attached hydrogens (primary N) is 1. The molecular weight excluding hydrogens is 252 g/mol. The fraction of sp³-hybridized carbons (Fsp3) is 0.333. The molecule has 5 nitrogen and oxygen atoms in total. The zero-order valence-corrected chi connectivity index (χ0v) is 11.8. The Kier molecular flexibility index (Phi) is 4.40. The molecule has 2 rings (SSSR count). The quantitative estimate of drug-likeness (QED) is 0.732. The van der Waals surface area contributed by atoms with Crippen LogP contribution < -0.4 is 11.1 Å². The predicted octanol–water partition coefficient (Wildman–Crippen LogP) is 2.69. The minimum atomic E-state index is -0.0201. The lowest BCUT2D eigenvalue weighted by molar-refractivity contribution is -0.116. The SMILES string of the molecule is CCc1cn[nH]c1NC(=O)CC(C)c1ccc(N)cc1. The summed E-state index contributed by atoms with van der Waals surface area (Å²) in [6, 6.07) is 7.63. The molecule has 0 spiro atoms. The summed E-state index contributed by atoms with van der Waals surface area (Å²) in [5.74, 6) is 0.818. The molecule has 1 amide bonds. The van der Waals surface area contributed by atoms with Gasteiger partial charge in [-0.2, -0.15) is 5.10 Å². The second-order valence-corrected chi connectivity index (χ2v) is 4.94.